The number of halogens is 1. The van der Waals surface area contributed by atoms with Gasteiger partial charge in [0.05, 0.1) is 11.6 Å². The zero-order chi connectivity index (χ0) is 14.1. The maximum absolute atomic E-state index is 13.1. The van der Waals surface area contributed by atoms with E-state index in [0.29, 0.717) is 23.6 Å². The lowest BCUT2D eigenvalue weighted by Gasteiger charge is -2.08. The monoisotopic (exact) mass is 264 g/mol. The van der Waals surface area contributed by atoms with Crippen molar-refractivity contribution in [1.82, 2.24) is 5.32 Å². The first-order valence-corrected chi connectivity index (χ1v) is 6.60. The van der Waals surface area contributed by atoms with Crippen LogP contribution in [0.1, 0.15) is 31.4 Å². The van der Waals surface area contributed by atoms with Gasteiger partial charge >= 0.3 is 0 Å². The first-order chi connectivity index (χ1) is 9.13. The van der Waals surface area contributed by atoms with Crippen LogP contribution in [0.3, 0.4) is 0 Å². The van der Waals surface area contributed by atoms with E-state index in [1.165, 1.54) is 18.2 Å². The molecule has 0 unspecified atom stereocenters. The van der Waals surface area contributed by atoms with E-state index in [4.69, 9.17) is 10.00 Å². The van der Waals surface area contributed by atoms with Gasteiger partial charge in [-0.1, -0.05) is 13.8 Å². The summed E-state index contributed by atoms with van der Waals surface area (Å²) in [5, 5.41) is 12.1. The normalized spacial score (nSPS) is 10.7. The number of ether oxygens (including phenoxy) is 1. The third-order valence-electron chi connectivity index (χ3n) is 2.60. The molecule has 0 fully saturated rings. The number of nitrogens with zero attached hydrogens (tertiary/aromatic N) is 1. The lowest BCUT2D eigenvalue weighted by molar-refractivity contribution is 0.108. The first kappa shape index (κ1) is 15.6. The van der Waals surface area contributed by atoms with Crippen molar-refractivity contribution in [2.45, 2.75) is 26.8 Å². The number of hydrogen-bond acceptors (Lipinski definition) is 3. The molecule has 0 saturated heterocycles. The van der Waals surface area contributed by atoms with E-state index < -0.39 is 0 Å². The Morgan fingerprint density at radius 1 is 1.42 bits per heavy atom. The van der Waals surface area contributed by atoms with Crippen molar-refractivity contribution in [3.63, 3.8) is 0 Å². The molecule has 0 aliphatic rings. The van der Waals surface area contributed by atoms with Crippen LogP contribution < -0.4 is 5.32 Å². The third-order valence-corrected chi connectivity index (χ3v) is 2.60. The molecule has 0 aromatic heterocycles. The van der Waals surface area contributed by atoms with Gasteiger partial charge in [-0.3, -0.25) is 0 Å². The van der Waals surface area contributed by atoms with Gasteiger partial charge in [-0.25, -0.2) is 4.39 Å². The second kappa shape index (κ2) is 8.63. The van der Waals surface area contributed by atoms with Gasteiger partial charge in [0, 0.05) is 19.8 Å². The maximum atomic E-state index is 13.1. The molecular formula is C15H21FN2O. The van der Waals surface area contributed by atoms with E-state index in [1.54, 1.807) is 0 Å². The van der Waals surface area contributed by atoms with Crippen LogP contribution in [0, 0.1) is 23.1 Å². The molecule has 4 heteroatoms. The predicted octanol–water partition coefficient (Wildman–Crippen LogP) is 2.85. The van der Waals surface area contributed by atoms with Crippen LogP contribution in [0.15, 0.2) is 18.2 Å². The highest BCUT2D eigenvalue weighted by molar-refractivity contribution is 5.37. The minimum absolute atomic E-state index is 0.309. The van der Waals surface area contributed by atoms with Gasteiger partial charge in [0.2, 0.25) is 0 Å². The molecule has 0 atom stereocenters. The van der Waals surface area contributed by atoms with Crippen molar-refractivity contribution < 1.29 is 9.13 Å². The fraction of sp³-hybridized carbons (Fsp3) is 0.533. The van der Waals surface area contributed by atoms with Crippen molar-refractivity contribution in [3.05, 3.63) is 35.1 Å². The second-order valence-corrected chi connectivity index (χ2v) is 4.91. The molecule has 0 bridgehead atoms. The summed E-state index contributed by atoms with van der Waals surface area (Å²) in [5.74, 6) is 0.245. The maximum Gasteiger partial charge on any atom is 0.123 e. The molecule has 3 nitrogen and oxygen atoms in total. The smallest absolute Gasteiger partial charge is 0.123 e. The third kappa shape index (κ3) is 6.32. The summed E-state index contributed by atoms with van der Waals surface area (Å²) >= 11 is 0. The van der Waals surface area contributed by atoms with E-state index in [0.717, 1.165) is 26.2 Å². The summed E-state index contributed by atoms with van der Waals surface area (Å²) in [6, 6.07) is 6.29. The average molecular weight is 264 g/mol. The van der Waals surface area contributed by atoms with Gasteiger partial charge in [0.25, 0.3) is 0 Å². The second-order valence-electron chi connectivity index (χ2n) is 4.91. The lowest BCUT2D eigenvalue weighted by Crippen LogP contribution is -2.17. The molecule has 1 aromatic carbocycles. The SMILES string of the molecule is CC(C)COCCCNCc1cc(F)ccc1C#N. The van der Waals surface area contributed by atoms with E-state index in [1.807, 2.05) is 0 Å². The minimum Gasteiger partial charge on any atom is -0.381 e. The number of rotatable bonds is 8. The molecule has 0 aliphatic carbocycles. The van der Waals surface area contributed by atoms with Crippen LogP contribution >= 0.6 is 0 Å². The molecule has 0 saturated carbocycles. The zero-order valence-corrected chi connectivity index (χ0v) is 11.6. The van der Waals surface area contributed by atoms with Crippen molar-refractivity contribution in [3.8, 4) is 6.07 Å². The molecular weight excluding hydrogens is 243 g/mol. The summed E-state index contributed by atoms with van der Waals surface area (Å²) in [6.07, 6.45) is 0.907. The largest absolute Gasteiger partial charge is 0.381 e. The van der Waals surface area contributed by atoms with Crippen LogP contribution in [-0.4, -0.2) is 19.8 Å². The molecule has 1 N–H and O–H groups in total. The van der Waals surface area contributed by atoms with Gasteiger partial charge in [-0.15, -0.1) is 0 Å². The molecule has 104 valence electrons. The molecule has 0 spiro atoms. The van der Waals surface area contributed by atoms with Crippen LogP contribution in [0.25, 0.3) is 0 Å². The van der Waals surface area contributed by atoms with Gasteiger partial charge in [0.15, 0.2) is 0 Å². The fourth-order valence-corrected chi connectivity index (χ4v) is 1.66. The van der Waals surface area contributed by atoms with Gasteiger partial charge in [-0.2, -0.15) is 5.26 Å². The summed E-state index contributed by atoms with van der Waals surface area (Å²) in [4.78, 5) is 0. The van der Waals surface area contributed by atoms with E-state index in [-0.39, 0.29) is 5.82 Å². The summed E-state index contributed by atoms with van der Waals surface area (Å²) in [7, 11) is 0. The molecule has 19 heavy (non-hydrogen) atoms. The average Bonchev–Trinajstić information content (AvgIpc) is 2.37. The molecule has 0 amide bonds. The summed E-state index contributed by atoms with van der Waals surface area (Å²) in [5.41, 5.74) is 1.22. The Bertz CT molecular complexity index is 427. The van der Waals surface area contributed by atoms with Gasteiger partial charge in [0.1, 0.15) is 5.82 Å². The van der Waals surface area contributed by atoms with Crippen LogP contribution in [-0.2, 0) is 11.3 Å². The highest BCUT2D eigenvalue weighted by Crippen LogP contribution is 2.10. The quantitative estimate of drug-likeness (QED) is 0.734. The van der Waals surface area contributed by atoms with Crippen molar-refractivity contribution in [1.29, 1.82) is 5.26 Å². The van der Waals surface area contributed by atoms with Crippen LogP contribution in [0.4, 0.5) is 4.39 Å². The minimum atomic E-state index is -0.309. The zero-order valence-electron chi connectivity index (χ0n) is 11.6. The Balaban J connectivity index is 2.23. The highest BCUT2D eigenvalue weighted by atomic mass is 19.1. The Morgan fingerprint density at radius 3 is 2.89 bits per heavy atom. The number of nitriles is 1. The Hall–Kier alpha value is -1.44. The Morgan fingerprint density at radius 2 is 2.21 bits per heavy atom. The molecule has 1 aromatic rings. The number of hydrogen-bond donors (Lipinski definition) is 1. The predicted molar refractivity (Wildman–Crippen MR) is 73.1 cm³/mol. The molecule has 0 aliphatic heterocycles. The standard InChI is InChI=1S/C15H21FN2O/c1-12(2)11-19-7-3-6-18-10-14-8-15(16)5-4-13(14)9-17/h4-5,8,12,18H,3,6-7,10-11H2,1-2H3. The van der Waals surface area contributed by atoms with Crippen molar-refractivity contribution >= 4 is 0 Å². The molecule has 0 radical (unpaired) electrons. The van der Waals surface area contributed by atoms with E-state index in [2.05, 4.69) is 25.2 Å². The topological polar surface area (TPSA) is 45.0 Å². The highest BCUT2D eigenvalue weighted by Gasteiger charge is 2.03. The Kier molecular flexibility index (Phi) is 7.09. The molecule has 0 heterocycles. The van der Waals surface area contributed by atoms with Crippen molar-refractivity contribution in [2.24, 2.45) is 5.92 Å². The first-order valence-electron chi connectivity index (χ1n) is 6.60. The summed E-state index contributed by atoms with van der Waals surface area (Å²) in [6.45, 7) is 7.03. The molecule has 1 rings (SSSR count). The van der Waals surface area contributed by atoms with Gasteiger partial charge in [-0.05, 0) is 42.6 Å². The number of nitrogens with one attached hydrogen (secondary N) is 1. The summed E-state index contributed by atoms with van der Waals surface area (Å²) < 4.78 is 18.5. The van der Waals surface area contributed by atoms with Crippen LogP contribution in [0.5, 0.6) is 0 Å². The van der Waals surface area contributed by atoms with Gasteiger partial charge < -0.3 is 10.1 Å². The Labute approximate surface area is 114 Å². The fourth-order valence-electron chi connectivity index (χ4n) is 1.66. The van der Waals surface area contributed by atoms with Crippen LogP contribution in [0.2, 0.25) is 0 Å². The van der Waals surface area contributed by atoms with Crippen molar-refractivity contribution in [2.75, 3.05) is 19.8 Å². The number of benzene rings is 1. The van der Waals surface area contributed by atoms with E-state index >= 15 is 0 Å². The van der Waals surface area contributed by atoms with E-state index in [9.17, 15) is 4.39 Å². The lowest BCUT2D eigenvalue weighted by atomic mass is 10.1.